The summed E-state index contributed by atoms with van der Waals surface area (Å²) < 4.78 is 0. The van der Waals surface area contributed by atoms with Crippen LogP contribution in [-0.4, -0.2) is 82.6 Å². The van der Waals surface area contributed by atoms with E-state index in [1.165, 1.54) is 4.90 Å². The van der Waals surface area contributed by atoms with Gasteiger partial charge in [-0.25, -0.2) is 0 Å². The highest BCUT2D eigenvalue weighted by Crippen LogP contribution is 2.54. The number of likely N-dealkylation sites (N-methyl/N-ethyl adjacent to an activating group) is 1. The Bertz CT molecular complexity index is 1550. The Morgan fingerprint density at radius 1 is 1.07 bits per heavy atom. The zero-order valence-corrected chi connectivity index (χ0v) is 23.7. The predicted molar refractivity (Wildman–Crippen MR) is 153 cm³/mol. The number of carbonyl (C=O) groups excluding carboxylic acids is 3. The van der Waals surface area contributed by atoms with E-state index < -0.39 is 58.0 Å². The number of aliphatic hydroxyl groups is 3. The van der Waals surface area contributed by atoms with E-state index in [0.717, 1.165) is 16.8 Å². The summed E-state index contributed by atoms with van der Waals surface area (Å²) in [5.41, 5.74) is 5.71. The van der Waals surface area contributed by atoms with Crippen molar-refractivity contribution in [3.8, 4) is 16.9 Å². The number of hydrogen-bond acceptors (Lipinski definition) is 9. The van der Waals surface area contributed by atoms with Gasteiger partial charge in [0.2, 0.25) is 5.78 Å². The van der Waals surface area contributed by atoms with Crippen LogP contribution in [0.2, 0.25) is 0 Å². The number of ketones is 2. The molecule has 3 aliphatic carbocycles. The molecule has 0 aromatic heterocycles. The topological polar surface area (TPSA) is 165 Å². The first-order valence-electron chi connectivity index (χ1n) is 13.6. The molecule has 0 bridgehead atoms. The number of anilines is 1. The van der Waals surface area contributed by atoms with Gasteiger partial charge in [0.1, 0.15) is 22.8 Å². The number of fused-ring (bicyclic) bond motifs is 3. The fraction of sp³-hybridized carbons (Fsp3) is 0.387. The summed E-state index contributed by atoms with van der Waals surface area (Å²) in [5.74, 6) is -6.55. The Hall–Kier alpha value is -4.15. The highest BCUT2D eigenvalue weighted by molar-refractivity contribution is 6.24. The number of aromatic hydroxyl groups is 1. The standard InChI is InChI=1S/C31H35N3O7/c1-6-14-11-18(15-7-9-17(10-8-15)33(2)3)19-12-16-13-20-24(34(4)5)27(37)23(30(32)40)29(39)31(20,41)28(38)21(16)26(36)22(19)25(14)35/h7-11,16,20,24,35-36,39,41H,6,12-13H2,1-5H3,(H2,32,40)/t16-,20-,24?,31-/m1/s1. The fourth-order valence-corrected chi connectivity index (χ4v) is 6.83. The third-order valence-electron chi connectivity index (χ3n) is 8.88. The van der Waals surface area contributed by atoms with Crippen molar-refractivity contribution in [3.05, 3.63) is 63.9 Å². The number of primary amides is 1. The Morgan fingerprint density at radius 2 is 1.71 bits per heavy atom. The highest BCUT2D eigenvalue weighted by atomic mass is 16.3. The molecule has 0 spiro atoms. The van der Waals surface area contributed by atoms with Crippen molar-refractivity contribution in [2.45, 2.75) is 37.8 Å². The molecule has 6 N–H and O–H groups in total. The largest absolute Gasteiger partial charge is 0.508 e. The van der Waals surface area contributed by atoms with Crippen LogP contribution in [0.1, 0.15) is 30.0 Å². The second kappa shape index (κ2) is 9.74. The van der Waals surface area contributed by atoms with Gasteiger partial charge in [0, 0.05) is 31.3 Å². The van der Waals surface area contributed by atoms with Crippen molar-refractivity contribution in [1.29, 1.82) is 0 Å². The van der Waals surface area contributed by atoms with Crippen LogP contribution in [0.25, 0.3) is 16.9 Å². The number of aryl methyl sites for hydroxylation is 1. The van der Waals surface area contributed by atoms with E-state index in [1.54, 1.807) is 14.1 Å². The van der Waals surface area contributed by atoms with E-state index in [4.69, 9.17) is 5.73 Å². The van der Waals surface area contributed by atoms with Gasteiger partial charge in [-0.2, -0.15) is 0 Å². The molecule has 216 valence electrons. The molecular formula is C31H35N3O7. The molecule has 4 atom stereocenters. The third kappa shape index (κ3) is 3.96. The quantitative estimate of drug-likeness (QED) is 0.344. The van der Waals surface area contributed by atoms with Gasteiger partial charge in [-0.05, 0) is 79.7 Å². The molecule has 1 fully saturated rings. The zero-order chi connectivity index (χ0) is 30.1. The highest BCUT2D eigenvalue weighted by Gasteiger charge is 2.64. The Kier molecular flexibility index (Phi) is 6.74. The normalized spacial score (nSPS) is 25.7. The number of benzene rings is 2. The summed E-state index contributed by atoms with van der Waals surface area (Å²) >= 11 is 0. The van der Waals surface area contributed by atoms with Crippen LogP contribution < -0.4 is 10.6 Å². The van der Waals surface area contributed by atoms with E-state index in [2.05, 4.69) is 0 Å². The number of hydrogen-bond donors (Lipinski definition) is 5. The Morgan fingerprint density at radius 3 is 2.24 bits per heavy atom. The molecule has 1 unspecified atom stereocenters. The maximum Gasteiger partial charge on any atom is 0.255 e. The molecule has 10 heteroatoms. The number of aliphatic hydroxyl groups excluding tert-OH is 2. The van der Waals surface area contributed by atoms with Crippen molar-refractivity contribution in [2.75, 3.05) is 33.1 Å². The summed E-state index contributed by atoms with van der Waals surface area (Å²) in [6.45, 7) is 1.86. The van der Waals surface area contributed by atoms with Crippen molar-refractivity contribution in [1.82, 2.24) is 4.90 Å². The number of phenolic OH excluding ortho intramolecular Hbond substituents is 1. The van der Waals surface area contributed by atoms with E-state index in [-0.39, 0.29) is 29.7 Å². The number of rotatable bonds is 5. The number of Topliss-reactive ketones (excluding diaryl/α,β-unsaturated/α-hetero) is 2. The molecule has 0 heterocycles. The van der Waals surface area contributed by atoms with Crippen molar-refractivity contribution in [2.24, 2.45) is 17.6 Å². The minimum Gasteiger partial charge on any atom is -0.508 e. The lowest BCUT2D eigenvalue weighted by Gasteiger charge is -2.50. The summed E-state index contributed by atoms with van der Waals surface area (Å²) in [6, 6.07) is 8.61. The molecule has 41 heavy (non-hydrogen) atoms. The van der Waals surface area contributed by atoms with Crippen LogP contribution in [0.3, 0.4) is 0 Å². The smallest absolute Gasteiger partial charge is 0.255 e. The number of nitrogens with zero attached hydrogens (tertiary/aromatic N) is 2. The second-order valence-corrected chi connectivity index (χ2v) is 11.5. The van der Waals surface area contributed by atoms with E-state index in [9.17, 15) is 34.8 Å². The molecule has 0 radical (unpaired) electrons. The molecule has 2 aromatic rings. The fourth-order valence-electron chi connectivity index (χ4n) is 6.83. The molecule has 2 aromatic carbocycles. The van der Waals surface area contributed by atoms with Gasteiger partial charge in [-0.3, -0.25) is 19.3 Å². The van der Waals surface area contributed by atoms with Gasteiger partial charge in [-0.15, -0.1) is 0 Å². The van der Waals surface area contributed by atoms with Crippen molar-refractivity contribution >= 4 is 28.9 Å². The third-order valence-corrected chi connectivity index (χ3v) is 8.88. The molecule has 3 aliphatic rings. The number of phenols is 1. The second-order valence-electron chi connectivity index (χ2n) is 11.5. The molecule has 0 aliphatic heterocycles. The maximum atomic E-state index is 14.1. The van der Waals surface area contributed by atoms with E-state index >= 15 is 0 Å². The SMILES string of the molecule is CCc1cc(-c2ccc(N(C)C)cc2)c2c(c1O)C(O)=C1C(=O)[C@@]3(O)C(O)=C(C(N)=O)C(=O)C(N(C)C)[C@H]3C[C@H]1C2. The van der Waals surface area contributed by atoms with Crippen molar-refractivity contribution in [3.63, 3.8) is 0 Å². The molecular weight excluding hydrogens is 526 g/mol. The van der Waals surface area contributed by atoms with Gasteiger partial charge < -0.3 is 31.1 Å². The Labute approximate surface area is 238 Å². The minimum atomic E-state index is -2.66. The molecule has 0 saturated heterocycles. The molecule has 1 saturated carbocycles. The molecule has 1 amide bonds. The lowest BCUT2D eigenvalue weighted by Crippen LogP contribution is -2.65. The van der Waals surface area contributed by atoms with Crippen molar-refractivity contribution < 1.29 is 34.8 Å². The van der Waals surface area contributed by atoms with Crippen LogP contribution in [0.5, 0.6) is 5.75 Å². The summed E-state index contributed by atoms with van der Waals surface area (Å²) in [7, 11) is 7.03. The van der Waals surface area contributed by atoms with Gasteiger partial charge in [0.05, 0.1) is 11.6 Å². The van der Waals surface area contributed by atoms with Crippen LogP contribution in [0, 0.1) is 11.8 Å². The predicted octanol–water partition coefficient (Wildman–Crippen LogP) is 2.26. The summed E-state index contributed by atoms with van der Waals surface area (Å²) in [6.07, 6.45) is 0.726. The van der Waals surface area contributed by atoms with Gasteiger partial charge in [0.15, 0.2) is 11.4 Å². The summed E-state index contributed by atoms with van der Waals surface area (Å²) in [4.78, 5) is 43.0. The van der Waals surface area contributed by atoms with Crippen LogP contribution in [-0.2, 0) is 27.2 Å². The number of carbonyl (C=O) groups is 3. The number of nitrogens with two attached hydrogens (primary N) is 1. The lowest BCUT2D eigenvalue weighted by atomic mass is 9.57. The first-order chi connectivity index (χ1) is 19.2. The average molecular weight is 562 g/mol. The van der Waals surface area contributed by atoms with E-state index in [1.807, 2.05) is 56.3 Å². The average Bonchev–Trinajstić information content (AvgIpc) is 2.90. The number of amides is 1. The van der Waals surface area contributed by atoms with Crippen LogP contribution >= 0.6 is 0 Å². The molecule has 10 nitrogen and oxygen atoms in total. The molecule has 5 rings (SSSR count). The maximum absolute atomic E-state index is 14.1. The van der Waals surface area contributed by atoms with Gasteiger partial charge in [0.25, 0.3) is 5.91 Å². The van der Waals surface area contributed by atoms with Gasteiger partial charge in [-0.1, -0.05) is 19.1 Å². The Balaban J connectivity index is 1.75. The minimum absolute atomic E-state index is 0.0427. The first-order valence-corrected chi connectivity index (χ1v) is 13.6. The summed E-state index contributed by atoms with van der Waals surface area (Å²) in [5, 5.41) is 45.7. The van der Waals surface area contributed by atoms with Crippen LogP contribution in [0.4, 0.5) is 5.69 Å². The van der Waals surface area contributed by atoms with Gasteiger partial charge >= 0.3 is 0 Å². The lowest BCUT2D eigenvalue weighted by molar-refractivity contribution is -0.153. The first kappa shape index (κ1) is 28.4. The zero-order valence-electron chi connectivity index (χ0n) is 23.7. The van der Waals surface area contributed by atoms with Crippen LogP contribution in [0.15, 0.2) is 47.2 Å². The monoisotopic (exact) mass is 561 g/mol. The van der Waals surface area contributed by atoms with E-state index in [0.29, 0.717) is 17.5 Å².